The summed E-state index contributed by atoms with van der Waals surface area (Å²) in [7, 11) is 1.54. The maximum absolute atomic E-state index is 9.95. The van der Waals surface area contributed by atoms with Gasteiger partial charge in [0, 0.05) is 11.6 Å². The summed E-state index contributed by atoms with van der Waals surface area (Å²) in [5.41, 5.74) is 1.97. The minimum absolute atomic E-state index is 0.181. The molecule has 1 aromatic heterocycles. The van der Waals surface area contributed by atoms with E-state index in [1.54, 1.807) is 13.2 Å². The maximum atomic E-state index is 9.95. The van der Waals surface area contributed by atoms with E-state index in [0.29, 0.717) is 12.3 Å². The molecule has 0 aliphatic rings. The van der Waals surface area contributed by atoms with Gasteiger partial charge in [0.1, 0.15) is 6.54 Å². The molecule has 0 radical (unpaired) electrons. The van der Waals surface area contributed by atoms with Crippen LogP contribution in [0, 0.1) is 6.92 Å². The second kappa shape index (κ2) is 5.40. The van der Waals surface area contributed by atoms with E-state index in [1.807, 2.05) is 37.4 Å². The van der Waals surface area contributed by atoms with Crippen LogP contribution in [-0.2, 0) is 6.54 Å². The number of pyridine rings is 1. The zero-order valence-corrected chi connectivity index (χ0v) is 10.5. The molecule has 0 saturated heterocycles. The third-order valence-electron chi connectivity index (χ3n) is 2.73. The number of para-hydroxylation sites is 1. The standard InChI is InChI=1S/C14H16N2O2/c1-10-6-7-15-13(8-10)16-9-11-4-3-5-12(18-2)14(11)17/h3-8,17H,9H2,1-2H3,(H,15,16)/p+1. The first-order valence-corrected chi connectivity index (χ1v) is 5.78. The fourth-order valence-electron chi connectivity index (χ4n) is 1.75. The van der Waals surface area contributed by atoms with Crippen molar-refractivity contribution in [1.29, 1.82) is 0 Å². The zero-order chi connectivity index (χ0) is 13.0. The number of H-pyrrole nitrogens is 1. The Morgan fingerprint density at radius 3 is 2.89 bits per heavy atom. The zero-order valence-electron chi connectivity index (χ0n) is 10.5. The van der Waals surface area contributed by atoms with Crippen molar-refractivity contribution in [3.63, 3.8) is 0 Å². The average molecular weight is 245 g/mol. The molecule has 2 rings (SSSR count). The lowest BCUT2D eigenvalue weighted by Crippen LogP contribution is -2.12. The highest BCUT2D eigenvalue weighted by Crippen LogP contribution is 2.29. The van der Waals surface area contributed by atoms with Crippen molar-refractivity contribution in [2.75, 3.05) is 12.4 Å². The molecule has 0 fully saturated rings. The summed E-state index contributed by atoms with van der Waals surface area (Å²) in [6.07, 6.45) is 1.88. The van der Waals surface area contributed by atoms with Crippen LogP contribution in [0.15, 0.2) is 36.5 Å². The Morgan fingerprint density at radius 1 is 1.33 bits per heavy atom. The summed E-state index contributed by atoms with van der Waals surface area (Å²) in [5, 5.41) is 13.2. The van der Waals surface area contributed by atoms with Crippen LogP contribution in [0.1, 0.15) is 11.1 Å². The number of ether oxygens (including phenoxy) is 1. The first kappa shape index (κ1) is 12.2. The second-order valence-corrected chi connectivity index (χ2v) is 4.10. The summed E-state index contributed by atoms with van der Waals surface area (Å²) in [6.45, 7) is 2.56. The molecule has 0 aliphatic carbocycles. The fourth-order valence-corrected chi connectivity index (χ4v) is 1.75. The number of aryl methyl sites for hydroxylation is 1. The highest BCUT2D eigenvalue weighted by molar-refractivity contribution is 5.46. The number of hydrogen-bond donors (Lipinski definition) is 2. The molecule has 2 aromatic rings. The normalized spacial score (nSPS) is 10.1. The molecular weight excluding hydrogens is 228 g/mol. The highest BCUT2D eigenvalue weighted by atomic mass is 16.5. The van der Waals surface area contributed by atoms with Gasteiger partial charge in [0.15, 0.2) is 11.5 Å². The van der Waals surface area contributed by atoms with Crippen molar-refractivity contribution in [2.45, 2.75) is 13.5 Å². The number of methoxy groups -OCH3 is 1. The summed E-state index contributed by atoms with van der Waals surface area (Å²) < 4.78 is 5.07. The molecule has 1 heterocycles. The number of aromatic nitrogens is 1. The van der Waals surface area contributed by atoms with Gasteiger partial charge in [0.2, 0.25) is 0 Å². The third-order valence-corrected chi connectivity index (χ3v) is 2.73. The first-order chi connectivity index (χ1) is 8.70. The van der Waals surface area contributed by atoms with Crippen LogP contribution in [0.2, 0.25) is 0 Å². The van der Waals surface area contributed by atoms with Gasteiger partial charge in [-0.3, -0.25) is 5.32 Å². The molecule has 18 heavy (non-hydrogen) atoms. The van der Waals surface area contributed by atoms with Gasteiger partial charge >= 0.3 is 0 Å². The highest BCUT2D eigenvalue weighted by Gasteiger charge is 2.09. The predicted molar refractivity (Wildman–Crippen MR) is 69.7 cm³/mol. The SMILES string of the molecule is COc1cccc(CNc2cc(C)cc[nH+]2)c1O. The van der Waals surface area contributed by atoms with Crippen LogP contribution in [-0.4, -0.2) is 12.2 Å². The van der Waals surface area contributed by atoms with Crippen LogP contribution in [0.3, 0.4) is 0 Å². The molecule has 0 bridgehead atoms. The van der Waals surface area contributed by atoms with Crippen molar-refractivity contribution in [1.82, 2.24) is 0 Å². The largest absolute Gasteiger partial charge is 0.504 e. The Balaban J connectivity index is 2.11. The predicted octanol–water partition coefficient (Wildman–Crippen LogP) is 2.14. The van der Waals surface area contributed by atoms with Crippen molar-refractivity contribution in [3.8, 4) is 11.5 Å². The Labute approximate surface area is 106 Å². The van der Waals surface area contributed by atoms with Gasteiger partial charge in [-0.1, -0.05) is 12.1 Å². The first-order valence-electron chi connectivity index (χ1n) is 5.78. The van der Waals surface area contributed by atoms with Gasteiger partial charge in [0.05, 0.1) is 13.3 Å². The van der Waals surface area contributed by atoms with E-state index in [4.69, 9.17) is 4.74 Å². The van der Waals surface area contributed by atoms with Gasteiger partial charge in [-0.15, -0.1) is 0 Å². The molecule has 0 unspecified atom stereocenters. The Bertz CT molecular complexity index is 541. The minimum atomic E-state index is 0.181. The van der Waals surface area contributed by atoms with Gasteiger partial charge in [-0.2, -0.15) is 0 Å². The molecule has 0 atom stereocenters. The van der Waals surface area contributed by atoms with Crippen LogP contribution >= 0.6 is 0 Å². The molecule has 0 aliphatic heterocycles. The average Bonchev–Trinajstić information content (AvgIpc) is 2.38. The number of hydrogen-bond acceptors (Lipinski definition) is 3. The molecule has 0 saturated carbocycles. The maximum Gasteiger partial charge on any atom is 0.272 e. The number of phenolic OH excluding ortho intramolecular Hbond substituents is 1. The number of aromatic amines is 1. The van der Waals surface area contributed by atoms with E-state index >= 15 is 0 Å². The molecule has 4 nitrogen and oxygen atoms in total. The van der Waals surface area contributed by atoms with E-state index in [2.05, 4.69) is 10.3 Å². The number of anilines is 1. The van der Waals surface area contributed by atoms with Gasteiger partial charge < -0.3 is 9.84 Å². The van der Waals surface area contributed by atoms with Crippen LogP contribution in [0.4, 0.5) is 5.82 Å². The number of phenols is 1. The van der Waals surface area contributed by atoms with Crippen molar-refractivity contribution in [3.05, 3.63) is 47.7 Å². The molecule has 3 N–H and O–H groups in total. The topological polar surface area (TPSA) is 55.6 Å². The lowest BCUT2D eigenvalue weighted by atomic mass is 10.2. The Morgan fingerprint density at radius 2 is 2.17 bits per heavy atom. The molecule has 94 valence electrons. The lowest BCUT2D eigenvalue weighted by molar-refractivity contribution is -0.361. The van der Waals surface area contributed by atoms with Crippen LogP contribution < -0.4 is 15.0 Å². The lowest BCUT2D eigenvalue weighted by Gasteiger charge is -2.07. The Hall–Kier alpha value is -2.23. The number of benzene rings is 1. The van der Waals surface area contributed by atoms with E-state index < -0.39 is 0 Å². The van der Waals surface area contributed by atoms with Crippen LogP contribution in [0.5, 0.6) is 11.5 Å². The fraction of sp³-hybridized carbons (Fsp3) is 0.214. The second-order valence-electron chi connectivity index (χ2n) is 4.10. The van der Waals surface area contributed by atoms with Gasteiger partial charge in [-0.05, 0) is 24.6 Å². The van der Waals surface area contributed by atoms with Crippen molar-refractivity contribution < 1.29 is 14.8 Å². The van der Waals surface area contributed by atoms with Crippen LogP contribution in [0.25, 0.3) is 0 Å². The summed E-state index contributed by atoms with van der Waals surface area (Å²) in [5.74, 6) is 1.58. The third kappa shape index (κ3) is 2.71. The summed E-state index contributed by atoms with van der Waals surface area (Å²) in [4.78, 5) is 3.10. The van der Waals surface area contributed by atoms with Gasteiger partial charge in [-0.25, -0.2) is 4.98 Å². The summed E-state index contributed by atoms with van der Waals surface area (Å²) >= 11 is 0. The smallest absolute Gasteiger partial charge is 0.272 e. The molecular formula is C14H17N2O2+. The quantitative estimate of drug-likeness (QED) is 0.867. The minimum Gasteiger partial charge on any atom is -0.504 e. The van der Waals surface area contributed by atoms with E-state index in [0.717, 1.165) is 11.4 Å². The molecule has 0 amide bonds. The number of nitrogens with one attached hydrogen (secondary N) is 2. The van der Waals surface area contributed by atoms with E-state index in [1.165, 1.54) is 5.56 Å². The molecule has 0 spiro atoms. The molecule has 4 heteroatoms. The Kier molecular flexibility index (Phi) is 3.67. The van der Waals surface area contributed by atoms with Gasteiger partial charge in [0.25, 0.3) is 5.82 Å². The number of rotatable bonds is 4. The monoisotopic (exact) mass is 245 g/mol. The number of aromatic hydroxyl groups is 1. The van der Waals surface area contributed by atoms with E-state index in [-0.39, 0.29) is 5.75 Å². The van der Waals surface area contributed by atoms with Crippen molar-refractivity contribution >= 4 is 5.82 Å². The van der Waals surface area contributed by atoms with Crippen molar-refractivity contribution in [2.24, 2.45) is 0 Å². The summed E-state index contributed by atoms with van der Waals surface area (Å²) in [6, 6.07) is 9.46. The molecule has 1 aromatic carbocycles. The van der Waals surface area contributed by atoms with E-state index in [9.17, 15) is 5.11 Å².